The minimum Gasteiger partial charge on any atom is -0.376 e. The maximum absolute atomic E-state index is 5.92. The van der Waals surface area contributed by atoms with Gasteiger partial charge in [0.25, 0.3) is 0 Å². The van der Waals surface area contributed by atoms with E-state index in [4.69, 9.17) is 9.73 Å². The van der Waals surface area contributed by atoms with Crippen LogP contribution in [-0.2, 0) is 11.3 Å². The van der Waals surface area contributed by atoms with Gasteiger partial charge < -0.3 is 9.30 Å². The van der Waals surface area contributed by atoms with Crippen molar-refractivity contribution in [1.29, 1.82) is 0 Å². The van der Waals surface area contributed by atoms with Gasteiger partial charge in [-0.3, -0.25) is 0 Å². The molecule has 4 rings (SSSR count). The summed E-state index contributed by atoms with van der Waals surface area (Å²) in [7, 11) is 0. The zero-order valence-corrected chi connectivity index (χ0v) is 17.1. The van der Waals surface area contributed by atoms with E-state index in [0.717, 1.165) is 36.5 Å². The molecule has 1 aromatic heterocycles. The first kappa shape index (κ1) is 18.2. The molecule has 1 unspecified atom stereocenters. The van der Waals surface area contributed by atoms with Gasteiger partial charge in [-0.2, -0.15) is 0 Å². The van der Waals surface area contributed by atoms with Crippen molar-refractivity contribution in [3.8, 4) is 11.3 Å². The van der Waals surface area contributed by atoms with Crippen molar-refractivity contribution in [2.24, 2.45) is 4.99 Å². The summed E-state index contributed by atoms with van der Waals surface area (Å²) in [5.74, 6) is 0. The molecular formula is C23H26N2OS. The van der Waals surface area contributed by atoms with Gasteiger partial charge in [0.15, 0.2) is 4.80 Å². The molecule has 0 saturated carbocycles. The molecule has 3 nitrogen and oxygen atoms in total. The van der Waals surface area contributed by atoms with Crippen molar-refractivity contribution in [3.05, 3.63) is 69.3 Å². The van der Waals surface area contributed by atoms with Crippen molar-refractivity contribution in [3.63, 3.8) is 0 Å². The summed E-state index contributed by atoms with van der Waals surface area (Å²) < 4.78 is 8.26. The lowest BCUT2D eigenvalue weighted by molar-refractivity contribution is 0.0968. The van der Waals surface area contributed by atoms with Crippen molar-refractivity contribution in [2.45, 2.75) is 46.3 Å². The first-order valence-electron chi connectivity index (χ1n) is 9.58. The van der Waals surface area contributed by atoms with E-state index in [9.17, 15) is 0 Å². The van der Waals surface area contributed by atoms with Crippen LogP contribution in [0, 0.1) is 20.8 Å². The second-order valence-corrected chi connectivity index (χ2v) is 8.31. The minimum absolute atomic E-state index is 0.280. The van der Waals surface area contributed by atoms with Gasteiger partial charge in [-0.15, -0.1) is 11.3 Å². The van der Waals surface area contributed by atoms with Crippen LogP contribution in [0.4, 0.5) is 5.69 Å². The van der Waals surface area contributed by atoms with E-state index in [2.05, 4.69) is 73.2 Å². The molecule has 3 aromatic rings. The monoisotopic (exact) mass is 378 g/mol. The van der Waals surface area contributed by atoms with E-state index < -0.39 is 0 Å². The van der Waals surface area contributed by atoms with E-state index in [1.165, 1.54) is 27.9 Å². The highest BCUT2D eigenvalue weighted by Gasteiger charge is 2.19. The summed E-state index contributed by atoms with van der Waals surface area (Å²) in [5.41, 5.74) is 7.24. The number of rotatable bonds is 4. The highest BCUT2D eigenvalue weighted by atomic mass is 32.1. The first-order valence-corrected chi connectivity index (χ1v) is 10.5. The van der Waals surface area contributed by atoms with Crippen LogP contribution in [0.2, 0.25) is 0 Å². The van der Waals surface area contributed by atoms with Gasteiger partial charge in [0.2, 0.25) is 0 Å². The lowest BCUT2D eigenvalue weighted by Crippen LogP contribution is -2.24. The largest absolute Gasteiger partial charge is 0.376 e. The molecule has 0 amide bonds. The number of nitrogens with zero attached hydrogens (tertiary/aromatic N) is 2. The number of aryl methyl sites for hydroxylation is 3. The Balaban J connectivity index is 1.80. The lowest BCUT2D eigenvalue weighted by Gasteiger charge is -2.14. The maximum atomic E-state index is 5.92. The second-order valence-electron chi connectivity index (χ2n) is 7.47. The molecule has 1 atom stereocenters. The summed E-state index contributed by atoms with van der Waals surface area (Å²) in [5, 5.41) is 2.22. The molecule has 27 heavy (non-hydrogen) atoms. The number of benzene rings is 2. The standard InChI is InChI=1S/C23H26N2OS/c1-16-6-8-19(9-7-16)22-15-27-23(25(22)14-21-5-4-10-26-21)24-20-12-17(2)11-18(3)13-20/h6-9,11-13,15,21H,4-5,10,14H2,1-3H3. The molecular weight excluding hydrogens is 352 g/mol. The van der Waals surface area contributed by atoms with Crippen molar-refractivity contribution in [1.82, 2.24) is 4.57 Å². The fraction of sp³-hybridized carbons (Fsp3) is 0.348. The lowest BCUT2D eigenvalue weighted by atomic mass is 10.1. The second kappa shape index (κ2) is 7.83. The molecule has 4 heteroatoms. The molecule has 140 valence electrons. The summed E-state index contributed by atoms with van der Waals surface area (Å²) in [4.78, 5) is 6.03. The number of hydrogen-bond acceptors (Lipinski definition) is 3. The fourth-order valence-corrected chi connectivity index (χ4v) is 4.61. The van der Waals surface area contributed by atoms with Crippen LogP contribution in [-0.4, -0.2) is 17.3 Å². The van der Waals surface area contributed by atoms with Gasteiger partial charge in [-0.05, 0) is 62.4 Å². The summed E-state index contributed by atoms with van der Waals surface area (Å²) >= 11 is 1.71. The van der Waals surface area contributed by atoms with E-state index >= 15 is 0 Å². The Morgan fingerprint density at radius 2 is 1.78 bits per heavy atom. The van der Waals surface area contributed by atoms with Gasteiger partial charge in [0.05, 0.1) is 24.0 Å². The Morgan fingerprint density at radius 1 is 1.04 bits per heavy atom. The normalized spacial score (nSPS) is 17.6. The molecule has 2 aromatic carbocycles. The SMILES string of the molecule is Cc1ccc(-c2csc(=Nc3cc(C)cc(C)c3)n2CC2CCCO2)cc1. The molecule has 1 saturated heterocycles. The summed E-state index contributed by atoms with van der Waals surface area (Å²) in [6, 6.07) is 15.2. The number of thiazole rings is 1. The van der Waals surface area contributed by atoms with Crippen LogP contribution in [0.15, 0.2) is 52.8 Å². The van der Waals surface area contributed by atoms with Crippen LogP contribution >= 0.6 is 11.3 Å². The molecule has 0 aliphatic carbocycles. The topological polar surface area (TPSA) is 26.5 Å². The Morgan fingerprint density at radius 3 is 2.44 bits per heavy atom. The Hall–Kier alpha value is -2.17. The molecule has 1 aliphatic heterocycles. The van der Waals surface area contributed by atoms with Gasteiger partial charge in [-0.25, -0.2) is 4.99 Å². The fourth-order valence-electron chi connectivity index (χ4n) is 3.67. The quantitative estimate of drug-likeness (QED) is 0.584. The Bertz CT molecular complexity index is 972. The van der Waals surface area contributed by atoms with E-state index in [-0.39, 0.29) is 6.10 Å². The van der Waals surface area contributed by atoms with Gasteiger partial charge in [-0.1, -0.05) is 35.9 Å². The van der Waals surface area contributed by atoms with Crippen LogP contribution < -0.4 is 4.80 Å². The highest BCUT2D eigenvalue weighted by Crippen LogP contribution is 2.24. The predicted molar refractivity (Wildman–Crippen MR) is 113 cm³/mol. The molecule has 0 radical (unpaired) electrons. The smallest absolute Gasteiger partial charge is 0.190 e. The van der Waals surface area contributed by atoms with Gasteiger partial charge in [0, 0.05) is 12.0 Å². The van der Waals surface area contributed by atoms with Gasteiger partial charge in [0.1, 0.15) is 0 Å². The average molecular weight is 379 g/mol. The van der Waals surface area contributed by atoms with Crippen molar-refractivity contribution < 1.29 is 4.74 Å². The van der Waals surface area contributed by atoms with Crippen LogP contribution in [0.1, 0.15) is 29.5 Å². The molecule has 0 N–H and O–H groups in total. The molecule has 0 spiro atoms. The van der Waals surface area contributed by atoms with Crippen LogP contribution in [0.25, 0.3) is 11.3 Å². The Kier molecular flexibility index (Phi) is 5.28. The third-order valence-corrected chi connectivity index (χ3v) is 5.85. The Labute approximate surface area is 165 Å². The number of aromatic nitrogens is 1. The molecule has 0 bridgehead atoms. The highest BCUT2D eigenvalue weighted by molar-refractivity contribution is 7.07. The summed E-state index contributed by atoms with van der Waals surface area (Å²) in [6.07, 6.45) is 2.56. The van der Waals surface area contributed by atoms with Crippen molar-refractivity contribution >= 4 is 17.0 Å². The predicted octanol–water partition coefficient (Wildman–Crippen LogP) is 5.55. The van der Waals surface area contributed by atoms with Crippen LogP contribution in [0.5, 0.6) is 0 Å². The van der Waals surface area contributed by atoms with Crippen LogP contribution in [0.3, 0.4) is 0 Å². The first-order chi connectivity index (χ1) is 13.1. The summed E-state index contributed by atoms with van der Waals surface area (Å²) in [6.45, 7) is 8.10. The van der Waals surface area contributed by atoms with Crippen molar-refractivity contribution in [2.75, 3.05) is 6.61 Å². The van der Waals surface area contributed by atoms with E-state index in [0.29, 0.717) is 0 Å². The third kappa shape index (κ3) is 4.23. The number of ether oxygens (including phenoxy) is 1. The van der Waals surface area contributed by atoms with E-state index in [1.807, 2.05) is 0 Å². The van der Waals surface area contributed by atoms with Gasteiger partial charge >= 0.3 is 0 Å². The molecule has 1 fully saturated rings. The zero-order chi connectivity index (χ0) is 18.8. The maximum Gasteiger partial charge on any atom is 0.190 e. The molecule has 2 heterocycles. The molecule has 1 aliphatic rings. The number of hydrogen-bond donors (Lipinski definition) is 0. The third-order valence-electron chi connectivity index (χ3n) is 4.99. The van der Waals surface area contributed by atoms with E-state index in [1.54, 1.807) is 11.3 Å². The average Bonchev–Trinajstić information content (AvgIpc) is 3.26. The minimum atomic E-state index is 0.280. The zero-order valence-electron chi connectivity index (χ0n) is 16.2.